The molecule has 0 bridgehead atoms. The van der Waals surface area contributed by atoms with E-state index in [4.69, 9.17) is 0 Å². The predicted molar refractivity (Wildman–Crippen MR) is 103 cm³/mol. The molecule has 1 aliphatic rings. The molecule has 1 aromatic carbocycles. The molecular formula is C20H20N4O3. The highest BCUT2D eigenvalue weighted by Gasteiger charge is 2.26. The third-order valence-corrected chi connectivity index (χ3v) is 4.62. The largest absolute Gasteiger partial charge is 0.349 e. The van der Waals surface area contributed by atoms with Crippen LogP contribution < -0.4 is 16.6 Å². The number of rotatable bonds is 5. The molecule has 0 aliphatic heterocycles. The number of aryl methyl sites for hydroxylation is 1. The van der Waals surface area contributed by atoms with Gasteiger partial charge in [0.25, 0.3) is 11.5 Å². The molecule has 3 aromatic rings. The van der Waals surface area contributed by atoms with Crippen molar-refractivity contribution < 1.29 is 4.79 Å². The molecule has 0 radical (unpaired) electrons. The summed E-state index contributed by atoms with van der Waals surface area (Å²) in [6.45, 7) is 2.34. The van der Waals surface area contributed by atoms with E-state index in [0.29, 0.717) is 18.7 Å². The van der Waals surface area contributed by atoms with Gasteiger partial charge in [-0.3, -0.25) is 19.1 Å². The minimum Gasteiger partial charge on any atom is -0.349 e. The Bertz CT molecular complexity index is 1130. The Morgan fingerprint density at radius 2 is 2.00 bits per heavy atom. The normalized spacial score (nSPS) is 13.7. The van der Waals surface area contributed by atoms with Gasteiger partial charge < -0.3 is 5.32 Å². The van der Waals surface area contributed by atoms with E-state index in [9.17, 15) is 14.4 Å². The molecule has 1 amide bonds. The minimum atomic E-state index is -0.588. The summed E-state index contributed by atoms with van der Waals surface area (Å²) in [6.07, 6.45) is 2.58. The lowest BCUT2D eigenvalue weighted by atomic mass is 10.1. The van der Waals surface area contributed by atoms with Gasteiger partial charge in [-0.25, -0.2) is 9.78 Å². The van der Waals surface area contributed by atoms with Gasteiger partial charge in [0.2, 0.25) is 0 Å². The van der Waals surface area contributed by atoms with Crippen molar-refractivity contribution in [2.75, 3.05) is 0 Å². The Labute approximate surface area is 155 Å². The quantitative estimate of drug-likeness (QED) is 0.724. The standard InChI is InChI=1S/C20H20N4O3/c1-2-10-24-17-16(19(26)23-20(24)27)14(18(25)21-13-8-9-13)11-15(22-17)12-6-4-3-5-7-12/h3-7,11,13H,2,8-10H2,1H3,(H,21,25)(H,23,26,27). The van der Waals surface area contributed by atoms with Crippen LogP contribution in [0, 0.1) is 0 Å². The maximum atomic E-state index is 12.8. The van der Waals surface area contributed by atoms with Crippen molar-refractivity contribution in [2.24, 2.45) is 0 Å². The van der Waals surface area contributed by atoms with Crippen LogP contribution in [0.4, 0.5) is 0 Å². The SMILES string of the molecule is CCCn1c(=O)[nH]c(=O)c2c(C(=O)NC3CC3)cc(-c3ccccc3)nc21. The highest BCUT2D eigenvalue weighted by Crippen LogP contribution is 2.24. The van der Waals surface area contributed by atoms with Crippen molar-refractivity contribution in [3.63, 3.8) is 0 Å². The minimum absolute atomic E-state index is 0.154. The zero-order chi connectivity index (χ0) is 19.0. The van der Waals surface area contributed by atoms with Gasteiger partial charge in [-0.2, -0.15) is 0 Å². The van der Waals surface area contributed by atoms with E-state index in [1.165, 1.54) is 4.57 Å². The van der Waals surface area contributed by atoms with Crippen LogP contribution in [-0.2, 0) is 6.54 Å². The number of amides is 1. The monoisotopic (exact) mass is 364 g/mol. The van der Waals surface area contributed by atoms with Crippen LogP contribution in [0.2, 0.25) is 0 Å². The average Bonchev–Trinajstić information content (AvgIpc) is 3.48. The third kappa shape index (κ3) is 3.28. The van der Waals surface area contributed by atoms with Crippen LogP contribution in [0.1, 0.15) is 36.5 Å². The van der Waals surface area contributed by atoms with Crippen LogP contribution >= 0.6 is 0 Å². The molecule has 4 rings (SSSR count). The number of pyridine rings is 1. The van der Waals surface area contributed by atoms with E-state index in [1.807, 2.05) is 37.3 Å². The number of H-pyrrole nitrogens is 1. The molecule has 0 atom stereocenters. The summed E-state index contributed by atoms with van der Waals surface area (Å²) >= 11 is 0. The molecule has 2 aromatic heterocycles. The number of carbonyl (C=O) groups is 1. The lowest BCUT2D eigenvalue weighted by Crippen LogP contribution is -2.33. The first-order valence-corrected chi connectivity index (χ1v) is 9.12. The van der Waals surface area contributed by atoms with Crippen molar-refractivity contribution in [1.82, 2.24) is 19.9 Å². The summed E-state index contributed by atoms with van der Waals surface area (Å²) < 4.78 is 1.43. The summed E-state index contributed by atoms with van der Waals surface area (Å²) in [5, 5.41) is 3.08. The molecule has 2 heterocycles. The molecule has 2 N–H and O–H groups in total. The van der Waals surface area contributed by atoms with E-state index < -0.39 is 11.2 Å². The first-order valence-electron chi connectivity index (χ1n) is 9.12. The molecular weight excluding hydrogens is 344 g/mol. The van der Waals surface area contributed by atoms with Crippen molar-refractivity contribution in [2.45, 2.75) is 38.8 Å². The molecule has 0 saturated heterocycles. The van der Waals surface area contributed by atoms with Gasteiger partial charge in [-0.1, -0.05) is 37.3 Å². The Balaban J connectivity index is 2.03. The fourth-order valence-corrected chi connectivity index (χ4v) is 3.13. The molecule has 1 aliphatic carbocycles. The smallest absolute Gasteiger partial charge is 0.329 e. The van der Waals surface area contributed by atoms with Crippen LogP contribution in [0.3, 0.4) is 0 Å². The highest BCUT2D eigenvalue weighted by molar-refractivity contribution is 6.06. The summed E-state index contributed by atoms with van der Waals surface area (Å²) in [4.78, 5) is 44.6. The fraction of sp³-hybridized carbons (Fsp3) is 0.300. The molecule has 27 heavy (non-hydrogen) atoms. The number of aromatic amines is 1. The zero-order valence-corrected chi connectivity index (χ0v) is 15.0. The maximum absolute atomic E-state index is 12.8. The Kier molecular flexibility index (Phi) is 4.35. The van der Waals surface area contributed by atoms with Crippen LogP contribution in [0.15, 0.2) is 46.0 Å². The summed E-state index contributed by atoms with van der Waals surface area (Å²) in [5.41, 5.74) is 0.760. The maximum Gasteiger partial charge on any atom is 0.329 e. The topological polar surface area (TPSA) is 96.9 Å². The number of hydrogen-bond acceptors (Lipinski definition) is 4. The highest BCUT2D eigenvalue weighted by atomic mass is 16.2. The van der Waals surface area contributed by atoms with Crippen molar-refractivity contribution in [3.8, 4) is 11.3 Å². The fourth-order valence-electron chi connectivity index (χ4n) is 3.13. The first-order chi connectivity index (χ1) is 13.1. The van der Waals surface area contributed by atoms with E-state index in [2.05, 4.69) is 15.3 Å². The van der Waals surface area contributed by atoms with Gasteiger partial charge in [-0.05, 0) is 25.3 Å². The Morgan fingerprint density at radius 3 is 2.67 bits per heavy atom. The molecule has 1 fully saturated rings. The Hall–Kier alpha value is -3.22. The molecule has 1 saturated carbocycles. The molecule has 7 nitrogen and oxygen atoms in total. The van der Waals surface area contributed by atoms with E-state index in [-0.39, 0.29) is 28.5 Å². The average molecular weight is 364 g/mol. The number of carbonyl (C=O) groups excluding carboxylic acids is 1. The van der Waals surface area contributed by atoms with Gasteiger partial charge in [-0.15, -0.1) is 0 Å². The lowest BCUT2D eigenvalue weighted by molar-refractivity contribution is 0.0952. The predicted octanol–water partition coefficient (Wildman–Crippen LogP) is 2.05. The Morgan fingerprint density at radius 1 is 1.26 bits per heavy atom. The van der Waals surface area contributed by atoms with E-state index >= 15 is 0 Å². The number of aromatic nitrogens is 3. The number of fused-ring (bicyclic) bond motifs is 1. The number of benzene rings is 1. The van der Waals surface area contributed by atoms with Gasteiger partial charge in [0.1, 0.15) is 0 Å². The summed E-state index contributed by atoms with van der Waals surface area (Å²) in [5.74, 6) is -0.311. The van der Waals surface area contributed by atoms with Crippen LogP contribution in [-0.4, -0.2) is 26.5 Å². The second-order valence-corrected chi connectivity index (χ2v) is 6.78. The van der Waals surface area contributed by atoms with Gasteiger partial charge in [0.05, 0.1) is 16.6 Å². The van der Waals surface area contributed by atoms with E-state index in [1.54, 1.807) is 6.07 Å². The van der Waals surface area contributed by atoms with Crippen molar-refractivity contribution >= 4 is 16.9 Å². The molecule has 7 heteroatoms. The van der Waals surface area contributed by atoms with Crippen molar-refractivity contribution in [3.05, 3.63) is 62.8 Å². The van der Waals surface area contributed by atoms with Crippen molar-refractivity contribution in [1.29, 1.82) is 0 Å². The molecule has 0 spiro atoms. The van der Waals surface area contributed by atoms with Gasteiger partial charge in [0.15, 0.2) is 5.65 Å². The third-order valence-electron chi connectivity index (χ3n) is 4.62. The van der Waals surface area contributed by atoms with Gasteiger partial charge in [0, 0.05) is 18.2 Å². The zero-order valence-electron chi connectivity index (χ0n) is 15.0. The first kappa shape index (κ1) is 17.2. The van der Waals surface area contributed by atoms with Gasteiger partial charge >= 0.3 is 5.69 Å². The summed E-state index contributed by atoms with van der Waals surface area (Å²) in [6, 6.07) is 11.2. The number of nitrogens with zero attached hydrogens (tertiary/aromatic N) is 2. The number of hydrogen-bond donors (Lipinski definition) is 2. The second kappa shape index (κ2) is 6.83. The lowest BCUT2D eigenvalue weighted by Gasteiger charge is -2.13. The second-order valence-electron chi connectivity index (χ2n) is 6.78. The van der Waals surface area contributed by atoms with Crippen LogP contribution in [0.5, 0.6) is 0 Å². The van der Waals surface area contributed by atoms with E-state index in [0.717, 1.165) is 18.4 Å². The number of nitrogens with one attached hydrogen (secondary N) is 2. The summed E-state index contributed by atoms with van der Waals surface area (Å²) in [7, 11) is 0. The molecule has 0 unspecified atom stereocenters. The molecule has 138 valence electrons. The van der Waals surface area contributed by atoms with Crippen LogP contribution in [0.25, 0.3) is 22.3 Å².